The summed E-state index contributed by atoms with van der Waals surface area (Å²) >= 11 is 0. The van der Waals surface area contributed by atoms with Crippen molar-refractivity contribution >= 4 is 34.0 Å². The number of nitrogens with one attached hydrogen (secondary N) is 1. The quantitative estimate of drug-likeness (QED) is 0.387. The summed E-state index contributed by atoms with van der Waals surface area (Å²) in [6.45, 7) is 0.706. The monoisotopic (exact) mass is 507 g/mol. The Labute approximate surface area is 218 Å². The van der Waals surface area contributed by atoms with Gasteiger partial charge in [-0.3, -0.25) is 14.9 Å². The third kappa shape index (κ3) is 3.20. The van der Waals surface area contributed by atoms with Crippen LogP contribution >= 0.6 is 0 Å². The minimum absolute atomic E-state index is 0.0625. The predicted octanol–water partition coefficient (Wildman–Crippen LogP) is 3.71. The molecule has 2 N–H and O–H groups in total. The van der Waals surface area contributed by atoms with Crippen molar-refractivity contribution in [3.05, 3.63) is 94.8 Å². The van der Waals surface area contributed by atoms with E-state index in [1.807, 2.05) is 71.6 Å². The molecular formula is C30H25N3O5. The highest BCUT2D eigenvalue weighted by molar-refractivity contribution is 6.39. The fourth-order valence-corrected chi connectivity index (χ4v) is 6.09. The molecule has 3 aliphatic heterocycles. The van der Waals surface area contributed by atoms with Gasteiger partial charge < -0.3 is 24.0 Å². The van der Waals surface area contributed by atoms with Crippen LogP contribution in [-0.2, 0) is 29.2 Å². The van der Waals surface area contributed by atoms with Gasteiger partial charge in [-0.05, 0) is 47.5 Å². The molecule has 4 heterocycles. The van der Waals surface area contributed by atoms with E-state index in [0.29, 0.717) is 36.6 Å². The summed E-state index contributed by atoms with van der Waals surface area (Å²) in [7, 11) is 1.63. The number of aliphatic hydroxyl groups is 1. The van der Waals surface area contributed by atoms with Gasteiger partial charge in [-0.2, -0.15) is 0 Å². The van der Waals surface area contributed by atoms with E-state index in [1.165, 1.54) is 0 Å². The van der Waals surface area contributed by atoms with Crippen molar-refractivity contribution < 1.29 is 24.2 Å². The number of hydrogen-bond acceptors (Lipinski definition) is 6. The van der Waals surface area contributed by atoms with Crippen molar-refractivity contribution in [1.82, 2.24) is 9.88 Å². The van der Waals surface area contributed by atoms with Crippen LogP contribution < -0.4 is 19.7 Å². The Balaban J connectivity index is 1.43. The molecule has 3 aliphatic rings. The number of nitrogens with zero attached hydrogens (tertiary/aromatic N) is 2. The molecule has 0 spiro atoms. The molecule has 8 heteroatoms. The first kappa shape index (κ1) is 22.6. The number of aliphatic hydroxyl groups excluding tert-OH is 1. The standard InChI is InChI=1S/C30H25N3O5/c1-37-19-7-9-22-18(13-19)14-24-27-25(26-28(33(22)24)30(36)31-29(26)35)21-15-20(8-10-23(21)32(27)11-12-34)38-16-17-5-3-2-4-6-17/h2-10,13,15,24,34H,11-12,14,16H2,1H3,(H,31,35,36). The van der Waals surface area contributed by atoms with Crippen molar-refractivity contribution in [2.45, 2.75) is 25.6 Å². The fraction of sp³-hybridized carbons (Fsp3) is 0.200. The first-order valence-corrected chi connectivity index (χ1v) is 12.6. The van der Waals surface area contributed by atoms with E-state index in [4.69, 9.17) is 9.47 Å². The van der Waals surface area contributed by atoms with Crippen LogP contribution in [0.4, 0.5) is 5.69 Å². The highest BCUT2D eigenvalue weighted by atomic mass is 16.5. The maximum Gasteiger partial charge on any atom is 0.275 e. The second-order valence-corrected chi connectivity index (χ2v) is 9.68. The maximum absolute atomic E-state index is 13.3. The number of fused-ring (bicyclic) bond motifs is 9. The number of ether oxygens (including phenoxy) is 2. The van der Waals surface area contributed by atoms with Crippen LogP contribution in [-0.4, -0.2) is 35.2 Å². The van der Waals surface area contributed by atoms with Crippen molar-refractivity contribution in [2.24, 2.45) is 0 Å². The van der Waals surface area contributed by atoms with Crippen LogP contribution in [0.3, 0.4) is 0 Å². The second kappa shape index (κ2) is 8.49. The average Bonchev–Trinajstić information content (AvgIpc) is 3.56. The lowest BCUT2D eigenvalue weighted by Gasteiger charge is -2.33. The molecule has 0 fully saturated rings. The largest absolute Gasteiger partial charge is 0.497 e. The molecule has 8 nitrogen and oxygen atoms in total. The van der Waals surface area contributed by atoms with Crippen molar-refractivity contribution in [1.29, 1.82) is 0 Å². The van der Waals surface area contributed by atoms with E-state index in [2.05, 4.69) is 9.88 Å². The van der Waals surface area contributed by atoms with Crippen molar-refractivity contribution in [3.8, 4) is 11.5 Å². The summed E-state index contributed by atoms with van der Waals surface area (Å²) < 4.78 is 13.6. The second-order valence-electron chi connectivity index (χ2n) is 9.68. The number of imide groups is 1. The van der Waals surface area contributed by atoms with E-state index < -0.39 is 11.8 Å². The Morgan fingerprint density at radius 2 is 1.82 bits per heavy atom. The smallest absolute Gasteiger partial charge is 0.275 e. The van der Waals surface area contributed by atoms with Crippen molar-refractivity contribution in [2.75, 3.05) is 18.6 Å². The Kier molecular flexibility index (Phi) is 5.06. The number of amides is 2. The van der Waals surface area contributed by atoms with Crippen LogP contribution in [0.1, 0.15) is 28.4 Å². The van der Waals surface area contributed by atoms with Gasteiger partial charge >= 0.3 is 0 Å². The van der Waals surface area contributed by atoms with Gasteiger partial charge in [0.15, 0.2) is 0 Å². The third-order valence-electron chi connectivity index (χ3n) is 7.63. The van der Waals surface area contributed by atoms with Crippen LogP contribution in [0.15, 0.2) is 72.4 Å². The fourth-order valence-electron chi connectivity index (χ4n) is 6.09. The van der Waals surface area contributed by atoms with Gasteiger partial charge in [0.1, 0.15) is 23.8 Å². The van der Waals surface area contributed by atoms with Gasteiger partial charge in [0.2, 0.25) is 0 Å². The van der Waals surface area contributed by atoms with Gasteiger partial charge in [0, 0.05) is 35.1 Å². The first-order valence-electron chi connectivity index (χ1n) is 12.6. The highest BCUT2D eigenvalue weighted by Gasteiger charge is 2.49. The van der Waals surface area contributed by atoms with Crippen molar-refractivity contribution in [3.63, 3.8) is 0 Å². The van der Waals surface area contributed by atoms with E-state index in [0.717, 1.165) is 44.7 Å². The number of aromatic nitrogens is 1. The van der Waals surface area contributed by atoms with Gasteiger partial charge in [0.05, 0.1) is 31.0 Å². The van der Waals surface area contributed by atoms with Gasteiger partial charge in [-0.1, -0.05) is 30.3 Å². The van der Waals surface area contributed by atoms with Crippen LogP contribution in [0.2, 0.25) is 0 Å². The number of hydrogen-bond donors (Lipinski definition) is 2. The normalized spacial score (nSPS) is 17.3. The van der Waals surface area contributed by atoms with Crippen LogP contribution in [0.25, 0.3) is 16.5 Å². The molecule has 1 unspecified atom stereocenters. The molecule has 7 rings (SSSR count). The van der Waals surface area contributed by atoms with E-state index in [9.17, 15) is 14.7 Å². The molecular weight excluding hydrogens is 482 g/mol. The lowest BCUT2D eigenvalue weighted by atomic mass is 9.92. The number of benzene rings is 3. The predicted molar refractivity (Wildman–Crippen MR) is 142 cm³/mol. The van der Waals surface area contributed by atoms with Gasteiger partial charge in [-0.15, -0.1) is 0 Å². The lowest BCUT2D eigenvalue weighted by Crippen LogP contribution is -2.34. The number of methoxy groups -OCH3 is 1. The average molecular weight is 508 g/mol. The van der Waals surface area contributed by atoms with Gasteiger partial charge in [0.25, 0.3) is 11.8 Å². The molecule has 2 amide bonds. The summed E-state index contributed by atoms with van der Waals surface area (Å²) in [5, 5.41) is 13.4. The molecule has 0 saturated heterocycles. The molecule has 4 aromatic rings. The maximum atomic E-state index is 13.3. The summed E-state index contributed by atoms with van der Waals surface area (Å²) in [4.78, 5) is 28.4. The Bertz CT molecular complexity index is 1670. The third-order valence-corrected chi connectivity index (χ3v) is 7.63. The molecule has 0 saturated carbocycles. The molecule has 190 valence electrons. The summed E-state index contributed by atoms with van der Waals surface area (Å²) in [5.41, 5.74) is 6.23. The summed E-state index contributed by atoms with van der Waals surface area (Å²) in [6.07, 6.45) is 0.636. The Morgan fingerprint density at radius 3 is 2.61 bits per heavy atom. The molecule has 1 aromatic heterocycles. The summed E-state index contributed by atoms with van der Waals surface area (Å²) in [5.74, 6) is 0.592. The van der Waals surface area contributed by atoms with E-state index in [-0.39, 0.29) is 12.6 Å². The molecule has 0 radical (unpaired) electrons. The number of anilines is 1. The SMILES string of the molecule is COc1ccc2c(c1)CC1c3c(c4cc(OCc5ccccc5)ccc4n3CCO)C3=C(C(=O)NC3=O)N21. The topological polar surface area (TPSA) is 93.0 Å². The van der Waals surface area contributed by atoms with E-state index >= 15 is 0 Å². The number of rotatable bonds is 6. The molecule has 38 heavy (non-hydrogen) atoms. The van der Waals surface area contributed by atoms with E-state index in [1.54, 1.807) is 7.11 Å². The number of carbonyl (C=O) groups is 2. The Hall–Kier alpha value is -4.56. The van der Waals surface area contributed by atoms with Gasteiger partial charge in [-0.25, -0.2) is 0 Å². The summed E-state index contributed by atoms with van der Waals surface area (Å²) in [6, 6.07) is 21.3. The molecule has 0 bridgehead atoms. The molecule has 3 aromatic carbocycles. The number of carbonyl (C=O) groups excluding carboxylic acids is 2. The molecule has 1 atom stereocenters. The van der Waals surface area contributed by atoms with Crippen LogP contribution in [0, 0.1) is 0 Å². The zero-order valence-electron chi connectivity index (χ0n) is 20.7. The minimum atomic E-state index is -0.412. The molecule has 0 aliphatic carbocycles. The lowest BCUT2D eigenvalue weighted by molar-refractivity contribution is -0.123. The van der Waals surface area contributed by atoms with Crippen LogP contribution in [0.5, 0.6) is 11.5 Å². The first-order chi connectivity index (χ1) is 18.6. The minimum Gasteiger partial charge on any atom is -0.497 e. The zero-order chi connectivity index (χ0) is 26.0. The Morgan fingerprint density at radius 1 is 1.00 bits per heavy atom. The highest BCUT2D eigenvalue weighted by Crippen LogP contribution is 2.53. The zero-order valence-corrected chi connectivity index (χ0v) is 20.7.